The van der Waals surface area contributed by atoms with E-state index in [0.717, 1.165) is 11.1 Å². The highest BCUT2D eigenvalue weighted by molar-refractivity contribution is 8.01. The summed E-state index contributed by atoms with van der Waals surface area (Å²) in [5.41, 5.74) is 6.90. The van der Waals surface area contributed by atoms with E-state index in [1.54, 1.807) is 6.92 Å². The molecule has 4 rings (SSSR count). The molecule has 5 atom stereocenters. The van der Waals surface area contributed by atoms with Crippen molar-refractivity contribution in [2.24, 2.45) is 5.73 Å². The lowest BCUT2D eigenvalue weighted by Crippen LogP contribution is -2.60. The van der Waals surface area contributed by atoms with Crippen molar-refractivity contribution in [2.45, 2.75) is 54.4 Å². The van der Waals surface area contributed by atoms with Crippen LogP contribution in [0.4, 0.5) is 4.79 Å². The van der Waals surface area contributed by atoms with E-state index in [9.17, 15) is 29.1 Å². The number of urea groups is 1. The number of benzene rings is 2. The second kappa shape index (κ2) is 11.8. The number of carbonyl (C=O) groups is 5. The first kappa shape index (κ1) is 28.0. The molecule has 0 spiro atoms. The molecule has 2 aliphatic heterocycles. The molecule has 0 saturated carbocycles. The topological polar surface area (TPSA) is 171 Å². The van der Waals surface area contributed by atoms with Crippen molar-refractivity contribution in [3.05, 3.63) is 71.8 Å². The minimum atomic E-state index is -1.13. The zero-order valence-electron chi connectivity index (χ0n) is 21.3. The van der Waals surface area contributed by atoms with Gasteiger partial charge in [0.25, 0.3) is 0 Å². The molecule has 2 aromatic carbocycles. The van der Waals surface area contributed by atoms with Gasteiger partial charge in [0.05, 0.1) is 16.5 Å². The molecular formula is C27H31N5O6S. The van der Waals surface area contributed by atoms with Gasteiger partial charge in [-0.25, -0.2) is 9.59 Å². The number of nitrogens with two attached hydrogens (primary N) is 1. The van der Waals surface area contributed by atoms with Gasteiger partial charge in [-0.1, -0.05) is 60.7 Å². The summed E-state index contributed by atoms with van der Waals surface area (Å²) in [6.07, 6.45) is 0.586. The van der Waals surface area contributed by atoms with Gasteiger partial charge in [-0.3, -0.25) is 14.4 Å². The van der Waals surface area contributed by atoms with Gasteiger partial charge in [0.1, 0.15) is 18.1 Å². The molecule has 6 N–H and O–H groups in total. The number of carboxylic acids is 1. The maximum atomic E-state index is 13.4. The number of rotatable bonds is 11. The van der Waals surface area contributed by atoms with Gasteiger partial charge in [-0.2, -0.15) is 0 Å². The Bertz CT molecular complexity index is 1250. The predicted octanol–water partition coefficient (Wildman–Crippen LogP) is 0.627. The van der Waals surface area contributed by atoms with Gasteiger partial charge >= 0.3 is 12.0 Å². The summed E-state index contributed by atoms with van der Waals surface area (Å²) >= 11 is 1.35. The Morgan fingerprint density at radius 1 is 0.974 bits per heavy atom. The number of carboxylic acid groups (broad SMARTS) is 1. The molecule has 2 saturated heterocycles. The molecule has 206 valence electrons. The Morgan fingerprint density at radius 3 is 2.00 bits per heavy atom. The van der Waals surface area contributed by atoms with E-state index in [-0.39, 0.29) is 37.1 Å². The fraction of sp³-hybridized carbons (Fsp3) is 0.370. The van der Waals surface area contributed by atoms with Crippen LogP contribution in [-0.2, 0) is 32.0 Å². The average Bonchev–Trinajstić information content (AvgIpc) is 3.14. The molecule has 5 amide bonds. The van der Waals surface area contributed by atoms with Crippen LogP contribution in [0.2, 0.25) is 0 Å². The number of hydrogen-bond donors (Lipinski definition) is 5. The molecule has 1 unspecified atom stereocenters. The standard InChI is InChI=1S/C27H31N5O6S/c1-27(22(25(36)37)32-20(33)14-21(32)39-27)15-29-23(34)18(12-16-8-4-2-5-9-16)30-24(35)19(31-26(28)38)13-17-10-6-3-7-11-17/h2-11,18-19,21-22H,12-15H2,1H3,(H,29,34)(H,30,35)(H,36,37)(H3,28,31,38)/t18-,19-,21-,22+,27?/m1/s1. The molecule has 0 aromatic heterocycles. The number of amides is 5. The van der Waals surface area contributed by atoms with Crippen molar-refractivity contribution in [3.63, 3.8) is 0 Å². The first-order chi connectivity index (χ1) is 18.6. The monoisotopic (exact) mass is 553 g/mol. The summed E-state index contributed by atoms with van der Waals surface area (Å²) in [4.78, 5) is 63.8. The van der Waals surface area contributed by atoms with Crippen LogP contribution in [0.5, 0.6) is 0 Å². The first-order valence-electron chi connectivity index (χ1n) is 12.5. The highest BCUT2D eigenvalue weighted by Gasteiger charge is 2.60. The summed E-state index contributed by atoms with van der Waals surface area (Å²) in [5, 5.41) is 17.6. The van der Waals surface area contributed by atoms with Gasteiger partial charge < -0.3 is 31.7 Å². The van der Waals surface area contributed by atoms with Crippen molar-refractivity contribution in [3.8, 4) is 0 Å². The Morgan fingerprint density at radius 2 is 1.51 bits per heavy atom. The summed E-state index contributed by atoms with van der Waals surface area (Å²) in [6, 6.07) is 14.2. The van der Waals surface area contributed by atoms with Crippen LogP contribution in [0, 0.1) is 0 Å². The van der Waals surface area contributed by atoms with Gasteiger partial charge in [-0.15, -0.1) is 11.8 Å². The van der Waals surface area contributed by atoms with E-state index in [2.05, 4.69) is 16.0 Å². The summed E-state index contributed by atoms with van der Waals surface area (Å²) in [7, 11) is 0. The normalized spacial score (nSPS) is 23.1. The molecule has 12 heteroatoms. The average molecular weight is 554 g/mol. The number of hydrogen-bond acceptors (Lipinski definition) is 6. The first-order valence-corrected chi connectivity index (χ1v) is 13.4. The highest BCUT2D eigenvalue weighted by Crippen LogP contribution is 2.50. The van der Waals surface area contributed by atoms with Crippen molar-refractivity contribution in [2.75, 3.05) is 6.54 Å². The van der Waals surface area contributed by atoms with Crippen molar-refractivity contribution in [1.29, 1.82) is 0 Å². The molecule has 0 radical (unpaired) electrons. The van der Waals surface area contributed by atoms with E-state index in [1.807, 2.05) is 60.7 Å². The summed E-state index contributed by atoms with van der Waals surface area (Å²) in [6.45, 7) is 1.68. The third kappa shape index (κ3) is 6.51. The zero-order chi connectivity index (χ0) is 28.2. The maximum absolute atomic E-state index is 13.4. The van der Waals surface area contributed by atoms with Crippen molar-refractivity contribution < 1.29 is 29.1 Å². The molecular weight excluding hydrogens is 522 g/mol. The van der Waals surface area contributed by atoms with Crippen LogP contribution >= 0.6 is 11.8 Å². The second-order valence-corrected chi connectivity index (χ2v) is 11.6. The molecule has 2 aromatic rings. The van der Waals surface area contributed by atoms with Gasteiger partial charge in [0.15, 0.2) is 0 Å². The smallest absolute Gasteiger partial charge is 0.327 e. The number of aliphatic carboxylic acids is 1. The molecule has 2 heterocycles. The van der Waals surface area contributed by atoms with E-state index in [4.69, 9.17) is 5.73 Å². The van der Waals surface area contributed by atoms with Gasteiger partial charge in [0.2, 0.25) is 17.7 Å². The van der Waals surface area contributed by atoms with Gasteiger partial charge in [-0.05, 0) is 18.1 Å². The van der Waals surface area contributed by atoms with Crippen LogP contribution in [0.1, 0.15) is 24.5 Å². The number of nitrogens with one attached hydrogen (secondary N) is 3. The zero-order valence-corrected chi connectivity index (χ0v) is 22.1. The Labute approximate surface area is 229 Å². The number of thioether (sulfide) groups is 1. The molecule has 0 aliphatic carbocycles. The number of primary amides is 1. The minimum absolute atomic E-state index is 0.0259. The Balaban J connectivity index is 1.49. The van der Waals surface area contributed by atoms with Crippen molar-refractivity contribution >= 4 is 41.5 Å². The van der Waals surface area contributed by atoms with Crippen LogP contribution < -0.4 is 21.7 Å². The van der Waals surface area contributed by atoms with E-state index < -0.39 is 46.7 Å². The molecule has 2 aliphatic rings. The van der Waals surface area contributed by atoms with E-state index in [0.29, 0.717) is 0 Å². The number of carbonyl (C=O) groups excluding carboxylic acids is 4. The molecule has 2 fully saturated rings. The lowest BCUT2D eigenvalue weighted by molar-refractivity contribution is -0.157. The van der Waals surface area contributed by atoms with Crippen LogP contribution in [0.15, 0.2) is 60.7 Å². The molecule has 11 nitrogen and oxygen atoms in total. The largest absolute Gasteiger partial charge is 0.480 e. The fourth-order valence-corrected chi connectivity index (χ4v) is 6.65. The minimum Gasteiger partial charge on any atom is -0.480 e. The van der Waals surface area contributed by atoms with E-state index >= 15 is 0 Å². The second-order valence-electron chi connectivity index (χ2n) is 9.85. The number of fused-ring (bicyclic) bond motifs is 1. The highest BCUT2D eigenvalue weighted by atomic mass is 32.2. The van der Waals surface area contributed by atoms with E-state index in [1.165, 1.54) is 16.7 Å². The predicted molar refractivity (Wildman–Crippen MR) is 144 cm³/mol. The molecule has 0 bridgehead atoms. The summed E-state index contributed by atoms with van der Waals surface area (Å²) in [5.74, 6) is -2.47. The van der Waals surface area contributed by atoms with Crippen LogP contribution in [-0.4, -0.2) is 74.5 Å². The van der Waals surface area contributed by atoms with Crippen molar-refractivity contribution in [1.82, 2.24) is 20.9 Å². The van der Waals surface area contributed by atoms with Crippen LogP contribution in [0.25, 0.3) is 0 Å². The quantitative estimate of drug-likeness (QED) is 0.254. The Kier molecular flexibility index (Phi) is 8.44. The lowest BCUT2D eigenvalue weighted by atomic mass is 9.96. The van der Waals surface area contributed by atoms with Crippen LogP contribution in [0.3, 0.4) is 0 Å². The van der Waals surface area contributed by atoms with Gasteiger partial charge in [0, 0.05) is 19.4 Å². The summed E-state index contributed by atoms with van der Waals surface area (Å²) < 4.78 is -0.955. The molecule has 39 heavy (non-hydrogen) atoms. The Hall–Kier alpha value is -4.06. The number of nitrogens with zero attached hydrogens (tertiary/aromatic N) is 1. The lowest BCUT2D eigenvalue weighted by Gasteiger charge is -2.37. The third-order valence-electron chi connectivity index (χ3n) is 6.89. The maximum Gasteiger partial charge on any atom is 0.327 e. The fourth-order valence-electron chi connectivity index (χ4n) is 4.95. The SMILES string of the molecule is CC1(CNC(=O)[C@@H](Cc2ccccc2)NC(=O)[C@@H](Cc2ccccc2)NC(N)=O)S[C@@H]2CC(=O)N2[C@H]1C(=O)O. The number of β-lactam (4-membered cyclic amide) rings is 1. The third-order valence-corrected chi connectivity index (χ3v) is 8.46.